The molecule has 102 valence electrons. The topological polar surface area (TPSA) is 26.5 Å². The summed E-state index contributed by atoms with van der Waals surface area (Å²) >= 11 is 3.52. The van der Waals surface area contributed by atoms with E-state index >= 15 is 0 Å². The van der Waals surface area contributed by atoms with Crippen LogP contribution in [-0.4, -0.2) is 9.38 Å². The van der Waals surface area contributed by atoms with Crippen molar-refractivity contribution >= 4 is 21.4 Å². The van der Waals surface area contributed by atoms with Crippen LogP contribution in [0.3, 0.4) is 0 Å². The van der Waals surface area contributed by atoms with Crippen LogP contribution < -0.4 is 4.74 Å². The third kappa shape index (κ3) is 2.31. The average Bonchev–Trinajstić information content (AvgIpc) is 2.76. The first-order valence-electron chi connectivity index (χ1n) is 6.47. The summed E-state index contributed by atoms with van der Waals surface area (Å²) in [5.74, 6) is 1.78. The van der Waals surface area contributed by atoms with Gasteiger partial charge in [0.25, 0.3) is 0 Å². The summed E-state index contributed by atoms with van der Waals surface area (Å²) in [4.78, 5) is 4.55. The van der Waals surface area contributed by atoms with Crippen molar-refractivity contribution in [1.29, 1.82) is 0 Å². The standard InChI is InChI=1S/C16H15BrN2O/c1-11-6-3-4-8-13(11)20-10-14-18-16(17)15-12(2)7-5-9-19(14)15/h3-9H,10H2,1-2H3. The van der Waals surface area contributed by atoms with Crippen LogP contribution in [0.4, 0.5) is 0 Å². The second-order valence-electron chi connectivity index (χ2n) is 4.78. The van der Waals surface area contributed by atoms with Gasteiger partial charge in [0.05, 0.1) is 5.52 Å². The molecule has 2 aromatic heterocycles. The number of ether oxygens (including phenoxy) is 1. The number of aromatic nitrogens is 2. The molecular formula is C16H15BrN2O. The van der Waals surface area contributed by atoms with E-state index < -0.39 is 0 Å². The van der Waals surface area contributed by atoms with Crippen LogP contribution in [0.1, 0.15) is 17.0 Å². The summed E-state index contributed by atoms with van der Waals surface area (Å²) in [6.45, 7) is 4.56. The number of para-hydroxylation sites is 1. The summed E-state index contributed by atoms with van der Waals surface area (Å²) in [5.41, 5.74) is 3.41. The van der Waals surface area contributed by atoms with Crippen molar-refractivity contribution in [3.63, 3.8) is 0 Å². The summed E-state index contributed by atoms with van der Waals surface area (Å²) in [5, 5.41) is 0. The summed E-state index contributed by atoms with van der Waals surface area (Å²) < 4.78 is 8.81. The molecule has 0 aliphatic carbocycles. The lowest BCUT2D eigenvalue weighted by Gasteiger charge is -2.08. The summed E-state index contributed by atoms with van der Waals surface area (Å²) in [7, 11) is 0. The zero-order chi connectivity index (χ0) is 14.1. The molecule has 2 heterocycles. The van der Waals surface area contributed by atoms with E-state index in [-0.39, 0.29) is 0 Å². The maximum Gasteiger partial charge on any atom is 0.152 e. The predicted octanol–water partition coefficient (Wildman–Crippen LogP) is 4.29. The fraction of sp³-hybridized carbons (Fsp3) is 0.188. The Balaban J connectivity index is 1.93. The van der Waals surface area contributed by atoms with E-state index in [1.165, 1.54) is 5.56 Å². The fourth-order valence-corrected chi connectivity index (χ4v) is 2.99. The number of imidazole rings is 1. The Morgan fingerprint density at radius 2 is 1.85 bits per heavy atom. The zero-order valence-electron chi connectivity index (χ0n) is 11.4. The molecule has 3 nitrogen and oxygen atoms in total. The lowest BCUT2D eigenvalue weighted by Crippen LogP contribution is -2.02. The quantitative estimate of drug-likeness (QED) is 0.716. The number of benzene rings is 1. The number of nitrogens with zero attached hydrogens (tertiary/aromatic N) is 2. The number of rotatable bonds is 3. The zero-order valence-corrected chi connectivity index (χ0v) is 13.0. The highest BCUT2D eigenvalue weighted by molar-refractivity contribution is 9.10. The Kier molecular flexibility index (Phi) is 3.49. The van der Waals surface area contributed by atoms with Crippen LogP contribution in [0.25, 0.3) is 5.52 Å². The van der Waals surface area contributed by atoms with Gasteiger partial charge in [0.2, 0.25) is 0 Å². The molecule has 0 bridgehead atoms. The van der Waals surface area contributed by atoms with E-state index in [1.807, 2.05) is 43.5 Å². The first kappa shape index (κ1) is 13.2. The van der Waals surface area contributed by atoms with Gasteiger partial charge < -0.3 is 4.74 Å². The Hall–Kier alpha value is -1.81. The average molecular weight is 331 g/mol. The molecule has 20 heavy (non-hydrogen) atoms. The maximum absolute atomic E-state index is 5.88. The minimum absolute atomic E-state index is 0.446. The van der Waals surface area contributed by atoms with Crippen LogP contribution in [0.15, 0.2) is 47.2 Å². The van der Waals surface area contributed by atoms with Crippen LogP contribution in [0.2, 0.25) is 0 Å². The molecule has 0 saturated carbocycles. The van der Waals surface area contributed by atoms with E-state index in [0.717, 1.165) is 27.3 Å². The van der Waals surface area contributed by atoms with E-state index in [4.69, 9.17) is 4.74 Å². The largest absolute Gasteiger partial charge is 0.485 e. The second kappa shape index (κ2) is 5.29. The number of hydrogen-bond acceptors (Lipinski definition) is 2. The summed E-state index contributed by atoms with van der Waals surface area (Å²) in [6, 6.07) is 12.1. The normalized spacial score (nSPS) is 10.9. The van der Waals surface area contributed by atoms with Crippen LogP contribution in [0.5, 0.6) is 5.75 Å². The summed E-state index contributed by atoms with van der Waals surface area (Å²) in [6.07, 6.45) is 2.01. The van der Waals surface area contributed by atoms with Gasteiger partial charge in [-0.3, -0.25) is 4.40 Å². The molecule has 0 atom stereocenters. The highest BCUT2D eigenvalue weighted by atomic mass is 79.9. The highest BCUT2D eigenvalue weighted by Gasteiger charge is 2.11. The van der Waals surface area contributed by atoms with Gasteiger partial charge >= 0.3 is 0 Å². The van der Waals surface area contributed by atoms with Crippen molar-refractivity contribution in [3.8, 4) is 5.75 Å². The van der Waals surface area contributed by atoms with E-state index in [0.29, 0.717) is 6.61 Å². The van der Waals surface area contributed by atoms with Crippen molar-refractivity contribution < 1.29 is 4.74 Å². The number of hydrogen-bond donors (Lipinski definition) is 0. The molecule has 0 fully saturated rings. The third-order valence-electron chi connectivity index (χ3n) is 3.35. The molecule has 0 N–H and O–H groups in total. The fourth-order valence-electron chi connectivity index (χ4n) is 2.28. The van der Waals surface area contributed by atoms with Gasteiger partial charge in [-0.05, 0) is 53.0 Å². The first-order valence-corrected chi connectivity index (χ1v) is 7.26. The van der Waals surface area contributed by atoms with Gasteiger partial charge in [-0.2, -0.15) is 0 Å². The van der Waals surface area contributed by atoms with Crippen molar-refractivity contribution in [2.24, 2.45) is 0 Å². The third-order valence-corrected chi connectivity index (χ3v) is 3.90. The molecule has 0 spiro atoms. The van der Waals surface area contributed by atoms with Gasteiger partial charge in [0.1, 0.15) is 17.0 Å². The highest BCUT2D eigenvalue weighted by Crippen LogP contribution is 2.23. The Morgan fingerprint density at radius 3 is 2.65 bits per heavy atom. The van der Waals surface area contributed by atoms with Gasteiger partial charge in [0, 0.05) is 6.20 Å². The molecule has 0 radical (unpaired) electrons. The number of pyridine rings is 1. The lowest BCUT2D eigenvalue weighted by molar-refractivity contribution is 0.293. The molecule has 4 heteroatoms. The second-order valence-corrected chi connectivity index (χ2v) is 5.53. The van der Waals surface area contributed by atoms with Crippen molar-refractivity contribution in [1.82, 2.24) is 9.38 Å². The molecule has 1 aromatic carbocycles. The van der Waals surface area contributed by atoms with E-state index in [9.17, 15) is 0 Å². The van der Waals surface area contributed by atoms with E-state index in [1.54, 1.807) is 0 Å². The predicted molar refractivity (Wildman–Crippen MR) is 83.1 cm³/mol. The Morgan fingerprint density at radius 1 is 1.10 bits per heavy atom. The SMILES string of the molecule is Cc1ccccc1OCc1nc(Br)c2c(C)cccn12. The number of halogens is 1. The van der Waals surface area contributed by atoms with Gasteiger partial charge in [-0.25, -0.2) is 4.98 Å². The molecule has 0 aliphatic heterocycles. The Labute approximate surface area is 126 Å². The lowest BCUT2D eigenvalue weighted by atomic mass is 10.2. The molecule has 0 saturated heterocycles. The minimum Gasteiger partial charge on any atom is -0.485 e. The van der Waals surface area contributed by atoms with Crippen LogP contribution in [-0.2, 0) is 6.61 Å². The first-order chi connectivity index (χ1) is 9.66. The number of fused-ring (bicyclic) bond motifs is 1. The Bertz CT molecular complexity index is 764. The molecule has 0 aliphatic rings. The minimum atomic E-state index is 0.446. The van der Waals surface area contributed by atoms with E-state index in [2.05, 4.69) is 38.3 Å². The van der Waals surface area contributed by atoms with Gasteiger partial charge in [-0.1, -0.05) is 24.3 Å². The van der Waals surface area contributed by atoms with Crippen LogP contribution >= 0.6 is 15.9 Å². The van der Waals surface area contributed by atoms with Crippen molar-refractivity contribution in [2.45, 2.75) is 20.5 Å². The maximum atomic E-state index is 5.88. The van der Waals surface area contributed by atoms with Crippen molar-refractivity contribution in [2.75, 3.05) is 0 Å². The number of aryl methyl sites for hydroxylation is 2. The molecule has 0 unspecified atom stereocenters. The molecule has 3 rings (SSSR count). The van der Waals surface area contributed by atoms with Crippen LogP contribution in [0, 0.1) is 13.8 Å². The van der Waals surface area contributed by atoms with Gasteiger partial charge in [0.15, 0.2) is 5.82 Å². The smallest absolute Gasteiger partial charge is 0.152 e. The molecule has 3 aromatic rings. The molecular weight excluding hydrogens is 316 g/mol. The van der Waals surface area contributed by atoms with Crippen molar-refractivity contribution in [3.05, 3.63) is 64.1 Å². The molecule has 0 amide bonds. The monoisotopic (exact) mass is 330 g/mol. The van der Waals surface area contributed by atoms with Gasteiger partial charge in [-0.15, -0.1) is 0 Å².